The van der Waals surface area contributed by atoms with Gasteiger partial charge in [-0.1, -0.05) is 0 Å². The van der Waals surface area contributed by atoms with Crippen molar-refractivity contribution in [2.45, 2.75) is 18.4 Å². The van der Waals surface area contributed by atoms with E-state index < -0.39 is 5.54 Å². The summed E-state index contributed by atoms with van der Waals surface area (Å²) < 4.78 is 4.86. The maximum Gasteiger partial charge on any atom is 0.327 e. The van der Waals surface area contributed by atoms with Crippen molar-refractivity contribution in [2.75, 3.05) is 32.3 Å². The molecule has 0 bridgehead atoms. The average Bonchev–Trinajstić information content (AvgIpc) is 3.08. The molecule has 5 heteroatoms. The summed E-state index contributed by atoms with van der Waals surface area (Å²) in [5.74, 6) is 1.54. The van der Waals surface area contributed by atoms with Crippen LogP contribution in [0.15, 0.2) is 0 Å². The fourth-order valence-electron chi connectivity index (χ4n) is 1.78. The molecule has 1 fully saturated rings. The number of hydrogen-bond donors (Lipinski definition) is 2. The molecule has 1 aliphatic carbocycles. The van der Waals surface area contributed by atoms with Gasteiger partial charge in [0, 0.05) is 11.5 Å². The number of thioether (sulfide) groups is 1. The molecule has 0 heterocycles. The SMILES string of the molecule is CNC(CSCCO)(C(=O)OC)C1CC1. The maximum atomic E-state index is 11.8. The number of aliphatic hydroxyl groups excluding tert-OH is 1. The number of rotatable bonds is 7. The van der Waals surface area contributed by atoms with E-state index in [4.69, 9.17) is 9.84 Å². The average molecular weight is 233 g/mol. The van der Waals surface area contributed by atoms with Crippen LogP contribution < -0.4 is 5.32 Å². The highest BCUT2D eigenvalue weighted by Crippen LogP contribution is 2.41. The lowest BCUT2D eigenvalue weighted by Gasteiger charge is -2.30. The number of methoxy groups -OCH3 is 1. The zero-order valence-electron chi connectivity index (χ0n) is 9.28. The Labute approximate surface area is 94.8 Å². The molecular formula is C10H19NO3S. The molecule has 2 N–H and O–H groups in total. The Hall–Kier alpha value is -0.260. The molecule has 0 aromatic rings. The highest BCUT2D eigenvalue weighted by Gasteiger charge is 2.50. The molecule has 1 unspecified atom stereocenters. The highest BCUT2D eigenvalue weighted by atomic mass is 32.2. The number of hydrogen-bond acceptors (Lipinski definition) is 5. The minimum atomic E-state index is -0.547. The molecule has 1 atom stereocenters. The second-order valence-corrected chi connectivity index (χ2v) is 4.87. The van der Waals surface area contributed by atoms with E-state index in [2.05, 4.69) is 5.32 Å². The van der Waals surface area contributed by atoms with Gasteiger partial charge in [-0.05, 0) is 25.8 Å². The summed E-state index contributed by atoms with van der Waals surface area (Å²) in [4.78, 5) is 11.8. The van der Waals surface area contributed by atoms with Crippen molar-refractivity contribution in [1.82, 2.24) is 5.32 Å². The molecule has 1 rings (SSSR count). The summed E-state index contributed by atoms with van der Waals surface area (Å²) >= 11 is 1.58. The largest absolute Gasteiger partial charge is 0.468 e. The van der Waals surface area contributed by atoms with Crippen molar-refractivity contribution in [3.05, 3.63) is 0 Å². The molecular weight excluding hydrogens is 214 g/mol. The normalized spacial score (nSPS) is 19.7. The first kappa shape index (κ1) is 12.8. The number of esters is 1. The number of aliphatic hydroxyl groups is 1. The van der Waals surface area contributed by atoms with Gasteiger partial charge in [-0.3, -0.25) is 4.79 Å². The van der Waals surface area contributed by atoms with E-state index in [0.29, 0.717) is 17.4 Å². The maximum absolute atomic E-state index is 11.8. The standard InChI is InChI=1S/C10H19NO3S/c1-11-10(8-3-4-8,9(13)14-2)7-15-6-5-12/h8,11-12H,3-7H2,1-2H3. The molecule has 0 aromatic heterocycles. The molecule has 0 saturated heterocycles. The van der Waals surface area contributed by atoms with E-state index in [1.165, 1.54) is 7.11 Å². The first-order valence-corrected chi connectivity index (χ1v) is 6.32. The molecule has 0 amide bonds. The molecule has 0 aliphatic heterocycles. The van der Waals surface area contributed by atoms with Crippen molar-refractivity contribution >= 4 is 17.7 Å². The Balaban J connectivity index is 2.61. The lowest BCUT2D eigenvalue weighted by atomic mass is 9.96. The van der Waals surface area contributed by atoms with Crippen LogP contribution in [-0.4, -0.2) is 48.9 Å². The molecule has 0 aromatic carbocycles. The summed E-state index contributed by atoms with van der Waals surface area (Å²) in [5.41, 5.74) is -0.547. The summed E-state index contributed by atoms with van der Waals surface area (Å²) in [6.07, 6.45) is 2.16. The third-order valence-electron chi connectivity index (χ3n) is 2.84. The fraction of sp³-hybridized carbons (Fsp3) is 0.900. The summed E-state index contributed by atoms with van der Waals surface area (Å²) in [6.45, 7) is 0.149. The Kier molecular flexibility index (Phi) is 4.89. The molecule has 15 heavy (non-hydrogen) atoms. The van der Waals surface area contributed by atoms with Crippen LogP contribution in [0.25, 0.3) is 0 Å². The van der Waals surface area contributed by atoms with Gasteiger partial charge in [-0.2, -0.15) is 11.8 Å². The van der Waals surface area contributed by atoms with E-state index in [9.17, 15) is 4.79 Å². The lowest BCUT2D eigenvalue weighted by molar-refractivity contribution is -0.148. The highest BCUT2D eigenvalue weighted by molar-refractivity contribution is 7.99. The Bertz CT molecular complexity index is 221. The zero-order valence-corrected chi connectivity index (χ0v) is 10.1. The van der Waals surface area contributed by atoms with E-state index in [1.54, 1.807) is 18.8 Å². The van der Waals surface area contributed by atoms with Crippen molar-refractivity contribution in [1.29, 1.82) is 0 Å². The molecule has 1 aliphatic rings. The van der Waals surface area contributed by atoms with Gasteiger partial charge in [0.25, 0.3) is 0 Å². The first-order valence-electron chi connectivity index (χ1n) is 5.17. The van der Waals surface area contributed by atoms with E-state index in [0.717, 1.165) is 12.8 Å². The summed E-state index contributed by atoms with van der Waals surface area (Å²) in [6, 6.07) is 0. The van der Waals surface area contributed by atoms with Gasteiger partial charge >= 0.3 is 5.97 Å². The van der Waals surface area contributed by atoms with Gasteiger partial charge in [0.15, 0.2) is 0 Å². The zero-order chi connectivity index (χ0) is 11.3. The van der Waals surface area contributed by atoms with E-state index >= 15 is 0 Å². The van der Waals surface area contributed by atoms with E-state index in [-0.39, 0.29) is 12.6 Å². The van der Waals surface area contributed by atoms with Crippen LogP contribution in [0.1, 0.15) is 12.8 Å². The van der Waals surface area contributed by atoms with Crippen molar-refractivity contribution in [2.24, 2.45) is 5.92 Å². The van der Waals surface area contributed by atoms with Crippen LogP contribution in [0.4, 0.5) is 0 Å². The van der Waals surface area contributed by atoms with Gasteiger partial charge in [-0.15, -0.1) is 0 Å². The smallest absolute Gasteiger partial charge is 0.327 e. The molecule has 0 spiro atoms. The minimum absolute atomic E-state index is 0.149. The van der Waals surface area contributed by atoms with Gasteiger partial charge in [-0.25, -0.2) is 0 Å². The first-order chi connectivity index (χ1) is 7.21. The second kappa shape index (κ2) is 5.72. The third kappa shape index (κ3) is 2.86. The van der Waals surface area contributed by atoms with Crippen molar-refractivity contribution < 1.29 is 14.6 Å². The fourth-order valence-corrected chi connectivity index (χ4v) is 2.87. The number of carbonyl (C=O) groups excluding carboxylic acids is 1. The van der Waals surface area contributed by atoms with Crippen LogP contribution >= 0.6 is 11.8 Å². The number of ether oxygens (including phenoxy) is 1. The minimum Gasteiger partial charge on any atom is -0.468 e. The molecule has 4 nitrogen and oxygen atoms in total. The van der Waals surface area contributed by atoms with Gasteiger partial charge in [0.2, 0.25) is 0 Å². The molecule has 1 saturated carbocycles. The predicted octanol–water partition coefficient (Wildman–Crippen LogP) is 0.253. The third-order valence-corrected chi connectivity index (χ3v) is 3.97. The van der Waals surface area contributed by atoms with Crippen LogP contribution in [0.2, 0.25) is 0 Å². The van der Waals surface area contributed by atoms with Crippen LogP contribution in [0.5, 0.6) is 0 Å². The Morgan fingerprint density at radius 3 is 2.73 bits per heavy atom. The number of carbonyl (C=O) groups is 1. The van der Waals surface area contributed by atoms with Crippen LogP contribution in [-0.2, 0) is 9.53 Å². The quantitative estimate of drug-likeness (QED) is 0.488. The summed E-state index contributed by atoms with van der Waals surface area (Å²) in [5, 5.41) is 11.8. The topological polar surface area (TPSA) is 58.6 Å². The molecule has 0 radical (unpaired) electrons. The van der Waals surface area contributed by atoms with Gasteiger partial charge in [0.1, 0.15) is 5.54 Å². The van der Waals surface area contributed by atoms with Crippen LogP contribution in [0.3, 0.4) is 0 Å². The van der Waals surface area contributed by atoms with Crippen molar-refractivity contribution in [3.8, 4) is 0 Å². The second-order valence-electron chi connectivity index (χ2n) is 3.76. The Morgan fingerprint density at radius 1 is 1.67 bits per heavy atom. The van der Waals surface area contributed by atoms with E-state index in [1.807, 2.05) is 0 Å². The predicted molar refractivity (Wildman–Crippen MR) is 60.9 cm³/mol. The van der Waals surface area contributed by atoms with Crippen molar-refractivity contribution in [3.63, 3.8) is 0 Å². The number of nitrogens with one attached hydrogen (secondary N) is 1. The molecule has 88 valence electrons. The van der Waals surface area contributed by atoms with Gasteiger partial charge < -0.3 is 15.2 Å². The monoisotopic (exact) mass is 233 g/mol. The van der Waals surface area contributed by atoms with Gasteiger partial charge in [0.05, 0.1) is 13.7 Å². The Morgan fingerprint density at radius 2 is 2.33 bits per heavy atom. The lowest BCUT2D eigenvalue weighted by Crippen LogP contribution is -2.55. The number of likely N-dealkylation sites (N-methyl/N-ethyl adjacent to an activating group) is 1. The van der Waals surface area contributed by atoms with Crippen LogP contribution in [0, 0.1) is 5.92 Å². The summed E-state index contributed by atoms with van der Waals surface area (Å²) in [7, 11) is 3.22.